The van der Waals surface area contributed by atoms with Gasteiger partial charge in [-0.1, -0.05) is 39.0 Å². The Balaban J connectivity index is 3.07. The molecule has 0 bridgehead atoms. The Morgan fingerprint density at radius 3 is 2.28 bits per heavy atom. The first-order valence-corrected chi connectivity index (χ1v) is 9.01. The zero-order valence-corrected chi connectivity index (χ0v) is 12.3. The highest BCUT2D eigenvalue weighted by Crippen LogP contribution is 2.30. The molecule has 1 aromatic rings. The monoisotopic (exact) mass is 263 g/mol. The third kappa shape index (κ3) is 3.12. The Labute approximate surface area is 110 Å². The molecule has 1 rings (SSSR count). The summed E-state index contributed by atoms with van der Waals surface area (Å²) in [5, 5.41) is 18.5. The van der Waals surface area contributed by atoms with Gasteiger partial charge in [0.1, 0.15) is 5.75 Å². The van der Waals surface area contributed by atoms with Crippen molar-refractivity contribution in [2.24, 2.45) is 0 Å². The van der Waals surface area contributed by atoms with Crippen molar-refractivity contribution >= 4 is 8.32 Å². The highest BCUT2D eigenvalue weighted by molar-refractivity contribution is 6.74. The molecule has 4 heteroatoms. The second-order valence-electron chi connectivity index (χ2n) is 4.42. The maximum Gasteiger partial charge on any atom is 0.250 e. The van der Waals surface area contributed by atoms with Gasteiger partial charge in [0.15, 0.2) is 6.10 Å². The Morgan fingerprint density at radius 1 is 1.22 bits per heavy atom. The lowest BCUT2D eigenvalue weighted by Gasteiger charge is -2.30. The van der Waals surface area contributed by atoms with Gasteiger partial charge in [-0.15, -0.1) is 0 Å². The van der Waals surface area contributed by atoms with Crippen LogP contribution in [0.4, 0.5) is 0 Å². The summed E-state index contributed by atoms with van der Waals surface area (Å²) >= 11 is 0. The van der Waals surface area contributed by atoms with Crippen molar-refractivity contribution in [2.75, 3.05) is 0 Å². The lowest BCUT2D eigenvalue weighted by atomic mass is 10.1. The summed E-state index contributed by atoms with van der Waals surface area (Å²) < 4.78 is 6.23. The van der Waals surface area contributed by atoms with Crippen LogP contribution in [0.25, 0.3) is 0 Å². The molecule has 1 unspecified atom stereocenters. The predicted octanol–water partition coefficient (Wildman–Crippen LogP) is 3.63. The van der Waals surface area contributed by atoms with Crippen LogP contribution in [0.3, 0.4) is 0 Å². The van der Waals surface area contributed by atoms with Gasteiger partial charge >= 0.3 is 0 Å². The molecule has 0 radical (unpaired) electrons. The van der Waals surface area contributed by atoms with Crippen molar-refractivity contribution in [3.63, 3.8) is 0 Å². The lowest BCUT2D eigenvalue weighted by Crippen LogP contribution is -2.39. The molecule has 0 saturated heterocycles. The molecule has 98 valence electrons. The molecule has 1 N–H and O–H groups in total. The van der Waals surface area contributed by atoms with E-state index >= 15 is 0 Å². The second kappa shape index (κ2) is 6.57. The number of aliphatic hydroxyl groups is 1. The van der Waals surface area contributed by atoms with E-state index in [1.807, 2.05) is 24.3 Å². The van der Waals surface area contributed by atoms with Crippen molar-refractivity contribution in [2.45, 2.75) is 45.0 Å². The molecule has 0 aromatic heterocycles. The van der Waals surface area contributed by atoms with E-state index in [0.717, 1.165) is 18.1 Å². The third-order valence-electron chi connectivity index (χ3n) is 3.60. The normalized spacial score (nSPS) is 12.8. The first kappa shape index (κ1) is 14.7. The molecule has 0 aliphatic rings. The molecule has 0 aliphatic heterocycles. The summed E-state index contributed by atoms with van der Waals surface area (Å²) in [5.74, 6) is 0.670. The van der Waals surface area contributed by atoms with Gasteiger partial charge in [0, 0.05) is 5.56 Å². The average Bonchev–Trinajstić information content (AvgIpc) is 2.44. The molecule has 3 nitrogen and oxygen atoms in total. The minimum absolute atomic E-state index is 0.576. The zero-order chi connectivity index (χ0) is 13.6. The van der Waals surface area contributed by atoms with Gasteiger partial charge in [-0.25, -0.2) is 0 Å². The number of benzene rings is 1. The van der Waals surface area contributed by atoms with E-state index < -0.39 is 14.4 Å². The van der Waals surface area contributed by atoms with Crippen LogP contribution in [0.15, 0.2) is 24.3 Å². The van der Waals surface area contributed by atoms with E-state index in [2.05, 4.69) is 20.8 Å². The van der Waals surface area contributed by atoms with Crippen LogP contribution in [0.5, 0.6) is 5.75 Å². The highest BCUT2D eigenvalue weighted by atomic mass is 28.4. The quantitative estimate of drug-likeness (QED) is 0.630. The van der Waals surface area contributed by atoms with Crippen molar-refractivity contribution in [1.29, 1.82) is 5.26 Å². The Morgan fingerprint density at radius 2 is 1.78 bits per heavy atom. The summed E-state index contributed by atoms with van der Waals surface area (Å²) in [6.45, 7) is 6.47. The van der Waals surface area contributed by atoms with Crippen LogP contribution in [-0.2, 0) is 0 Å². The molecular weight excluding hydrogens is 242 g/mol. The molecule has 1 aromatic carbocycles. The van der Waals surface area contributed by atoms with E-state index in [9.17, 15) is 5.11 Å². The maximum atomic E-state index is 9.70. The standard InChI is InChI=1S/C14H21NO2Si/c1-4-18(5-2,6-3)17-14-10-8-7-9-12(14)13(16)11-15/h7-10,13,16H,4-6H2,1-3H3. The van der Waals surface area contributed by atoms with Crippen molar-refractivity contribution in [3.8, 4) is 11.8 Å². The van der Waals surface area contributed by atoms with Gasteiger partial charge in [0.25, 0.3) is 0 Å². The highest BCUT2D eigenvalue weighted by Gasteiger charge is 2.31. The van der Waals surface area contributed by atoms with Gasteiger partial charge in [-0.2, -0.15) is 5.26 Å². The van der Waals surface area contributed by atoms with Gasteiger partial charge in [-0.3, -0.25) is 0 Å². The molecule has 0 heterocycles. The van der Waals surface area contributed by atoms with Crippen LogP contribution >= 0.6 is 0 Å². The fourth-order valence-corrected chi connectivity index (χ4v) is 4.65. The lowest BCUT2D eigenvalue weighted by molar-refractivity contribution is 0.232. The van der Waals surface area contributed by atoms with Crippen molar-refractivity contribution in [1.82, 2.24) is 0 Å². The number of nitriles is 1. The number of nitrogens with zero attached hydrogens (tertiary/aromatic N) is 1. The summed E-state index contributed by atoms with van der Waals surface area (Å²) in [6, 6.07) is 12.3. The first-order valence-electron chi connectivity index (χ1n) is 6.48. The van der Waals surface area contributed by atoms with E-state index in [4.69, 9.17) is 9.69 Å². The number of rotatable bonds is 6. The molecule has 0 amide bonds. The fraction of sp³-hybridized carbons (Fsp3) is 0.500. The van der Waals surface area contributed by atoms with Gasteiger partial charge in [0.05, 0.1) is 6.07 Å². The van der Waals surface area contributed by atoms with Gasteiger partial charge < -0.3 is 9.53 Å². The van der Waals surface area contributed by atoms with E-state index in [-0.39, 0.29) is 0 Å². The van der Waals surface area contributed by atoms with Crippen LogP contribution in [-0.4, -0.2) is 13.4 Å². The second-order valence-corrected chi connectivity index (χ2v) is 9.11. The zero-order valence-electron chi connectivity index (χ0n) is 11.3. The summed E-state index contributed by atoms with van der Waals surface area (Å²) in [4.78, 5) is 0. The largest absolute Gasteiger partial charge is 0.543 e. The topological polar surface area (TPSA) is 53.2 Å². The summed E-state index contributed by atoms with van der Waals surface area (Å²) in [6.07, 6.45) is -1.11. The summed E-state index contributed by atoms with van der Waals surface area (Å²) in [5.41, 5.74) is 0.576. The SMILES string of the molecule is CC[Si](CC)(CC)Oc1ccccc1C(O)C#N. The Hall–Kier alpha value is -1.31. The molecule has 0 spiro atoms. The number of hydrogen-bond acceptors (Lipinski definition) is 3. The van der Waals surface area contributed by atoms with Crippen LogP contribution in [0, 0.1) is 11.3 Å². The molecule has 1 atom stereocenters. The van der Waals surface area contributed by atoms with E-state index in [1.165, 1.54) is 0 Å². The van der Waals surface area contributed by atoms with Crippen LogP contribution in [0.2, 0.25) is 18.1 Å². The molecule has 0 aliphatic carbocycles. The fourth-order valence-electron chi connectivity index (χ4n) is 2.07. The number of para-hydroxylation sites is 1. The molecule has 0 saturated carbocycles. The van der Waals surface area contributed by atoms with E-state index in [0.29, 0.717) is 11.3 Å². The molecule has 0 fully saturated rings. The average molecular weight is 263 g/mol. The maximum absolute atomic E-state index is 9.70. The van der Waals surface area contributed by atoms with Crippen molar-refractivity contribution in [3.05, 3.63) is 29.8 Å². The first-order chi connectivity index (χ1) is 8.62. The minimum atomic E-state index is -1.77. The number of aliphatic hydroxyl groups excluding tert-OH is 1. The van der Waals surface area contributed by atoms with Crippen LogP contribution in [0.1, 0.15) is 32.4 Å². The van der Waals surface area contributed by atoms with Gasteiger partial charge in [-0.05, 0) is 24.2 Å². The van der Waals surface area contributed by atoms with E-state index in [1.54, 1.807) is 6.07 Å². The molecular formula is C14H21NO2Si. The smallest absolute Gasteiger partial charge is 0.250 e. The van der Waals surface area contributed by atoms with Crippen molar-refractivity contribution < 1.29 is 9.53 Å². The van der Waals surface area contributed by atoms with Crippen LogP contribution < -0.4 is 4.43 Å². The predicted molar refractivity (Wildman–Crippen MR) is 74.8 cm³/mol. The number of hydrogen-bond donors (Lipinski definition) is 1. The third-order valence-corrected chi connectivity index (χ3v) is 8.11. The minimum Gasteiger partial charge on any atom is -0.543 e. The Kier molecular flexibility index (Phi) is 5.39. The summed E-state index contributed by atoms with van der Waals surface area (Å²) in [7, 11) is -1.77. The van der Waals surface area contributed by atoms with Gasteiger partial charge in [0.2, 0.25) is 8.32 Å². The molecule has 18 heavy (non-hydrogen) atoms. The Bertz CT molecular complexity index is 416.